The molecule has 0 amide bonds. The van der Waals surface area contributed by atoms with E-state index in [0.717, 1.165) is 10.9 Å². The van der Waals surface area contributed by atoms with E-state index in [1.807, 2.05) is 0 Å². The fraction of sp³-hybridized carbons (Fsp3) is 0.400. The Balaban J connectivity index is 2.61. The molecule has 0 saturated carbocycles. The maximum Gasteiger partial charge on any atom is 0.278 e. The Bertz CT molecular complexity index is 411. The van der Waals surface area contributed by atoms with Gasteiger partial charge in [-0.05, 0) is 0 Å². The molecule has 1 aliphatic heterocycles. The molecule has 1 aliphatic rings. The standard InChI is InChI=1S/C5H5ClN2O2S2/c6-12(9,10)4-3-7-5-8(4)1-2-11-5/h3H,1-2H2. The zero-order valence-corrected chi connectivity index (χ0v) is 8.29. The van der Waals surface area contributed by atoms with Crippen LogP contribution in [0.25, 0.3) is 0 Å². The highest BCUT2D eigenvalue weighted by Gasteiger charge is 2.23. The Labute approximate surface area is 78.3 Å². The molecular weight excluding hydrogens is 220 g/mol. The van der Waals surface area contributed by atoms with E-state index >= 15 is 0 Å². The van der Waals surface area contributed by atoms with E-state index in [2.05, 4.69) is 4.98 Å². The minimum absolute atomic E-state index is 0.101. The average Bonchev–Trinajstić information content (AvgIpc) is 2.37. The monoisotopic (exact) mass is 224 g/mol. The summed E-state index contributed by atoms with van der Waals surface area (Å²) in [4.78, 5) is 3.93. The third kappa shape index (κ3) is 1.23. The highest BCUT2D eigenvalue weighted by atomic mass is 35.7. The average molecular weight is 225 g/mol. The summed E-state index contributed by atoms with van der Waals surface area (Å²) >= 11 is 1.53. The predicted octanol–water partition coefficient (Wildman–Crippen LogP) is 0.916. The van der Waals surface area contributed by atoms with Gasteiger partial charge in [0, 0.05) is 23.0 Å². The number of nitrogens with zero attached hydrogens (tertiary/aromatic N) is 2. The first-order chi connectivity index (χ1) is 5.59. The van der Waals surface area contributed by atoms with Crippen molar-refractivity contribution in [2.24, 2.45) is 0 Å². The molecular formula is C5H5ClN2O2S2. The molecule has 0 bridgehead atoms. The van der Waals surface area contributed by atoms with Crippen molar-refractivity contribution in [3.05, 3.63) is 6.20 Å². The van der Waals surface area contributed by atoms with Crippen molar-refractivity contribution >= 4 is 31.5 Å². The summed E-state index contributed by atoms with van der Waals surface area (Å²) in [7, 11) is 1.56. The van der Waals surface area contributed by atoms with Gasteiger partial charge in [-0.1, -0.05) is 11.8 Å². The number of hydrogen-bond acceptors (Lipinski definition) is 4. The molecule has 12 heavy (non-hydrogen) atoms. The Morgan fingerprint density at radius 1 is 1.67 bits per heavy atom. The van der Waals surface area contributed by atoms with Gasteiger partial charge in [-0.2, -0.15) is 0 Å². The Morgan fingerprint density at radius 2 is 2.42 bits per heavy atom. The van der Waals surface area contributed by atoms with Crippen LogP contribution in [0.2, 0.25) is 0 Å². The van der Waals surface area contributed by atoms with Gasteiger partial charge in [-0.3, -0.25) is 0 Å². The number of fused-ring (bicyclic) bond motifs is 1. The third-order valence-corrected chi connectivity index (χ3v) is 3.85. The van der Waals surface area contributed by atoms with Crippen LogP contribution >= 0.6 is 22.4 Å². The molecule has 0 unspecified atom stereocenters. The van der Waals surface area contributed by atoms with Crippen LogP contribution in [0.5, 0.6) is 0 Å². The molecule has 7 heteroatoms. The first-order valence-electron chi connectivity index (χ1n) is 3.22. The smallest absolute Gasteiger partial charge is 0.278 e. The van der Waals surface area contributed by atoms with E-state index in [0.29, 0.717) is 6.54 Å². The lowest BCUT2D eigenvalue weighted by molar-refractivity contribution is 0.585. The molecule has 0 aliphatic carbocycles. The minimum atomic E-state index is -3.63. The van der Waals surface area contributed by atoms with E-state index < -0.39 is 9.05 Å². The van der Waals surface area contributed by atoms with Gasteiger partial charge in [0.1, 0.15) is 0 Å². The Kier molecular flexibility index (Phi) is 1.85. The second-order valence-electron chi connectivity index (χ2n) is 2.32. The molecule has 0 radical (unpaired) electrons. The van der Waals surface area contributed by atoms with Gasteiger partial charge >= 0.3 is 0 Å². The van der Waals surface area contributed by atoms with Gasteiger partial charge in [0.2, 0.25) is 0 Å². The quantitative estimate of drug-likeness (QED) is 0.666. The zero-order valence-electron chi connectivity index (χ0n) is 5.90. The number of hydrogen-bond donors (Lipinski definition) is 0. The number of thioether (sulfide) groups is 1. The normalized spacial score (nSPS) is 16.4. The zero-order chi connectivity index (χ0) is 8.77. The maximum atomic E-state index is 10.9. The number of rotatable bonds is 1. The lowest BCUT2D eigenvalue weighted by Crippen LogP contribution is -2.02. The van der Waals surface area contributed by atoms with Gasteiger partial charge in [-0.25, -0.2) is 13.4 Å². The molecule has 0 spiro atoms. The maximum absolute atomic E-state index is 10.9. The topological polar surface area (TPSA) is 52.0 Å². The van der Waals surface area contributed by atoms with Crippen LogP contribution in [-0.2, 0) is 15.6 Å². The molecule has 0 fully saturated rings. The Hall–Kier alpha value is -0.200. The van der Waals surface area contributed by atoms with Crippen molar-refractivity contribution in [1.29, 1.82) is 0 Å². The van der Waals surface area contributed by atoms with Gasteiger partial charge in [0.15, 0.2) is 10.2 Å². The van der Waals surface area contributed by atoms with Crippen molar-refractivity contribution in [2.75, 3.05) is 5.75 Å². The van der Waals surface area contributed by atoms with E-state index in [9.17, 15) is 8.42 Å². The fourth-order valence-electron chi connectivity index (χ4n) is 1.09. The second-order valence-corrected chi connectivity index (χ2v) is 5.89. The lowest BCUT2D eigenvalue weighted by atomic mass is 10.7. The van der Waals surface area contributed by atoms with Crippen LogP contribution in [0.15, 0.2) is 16.4 Å². The van der Waals surface area contributed by atoms with Crippen molar-refractivity contribution in [3.8, 4) is 0 Å². The molecule has 66 valence electrons. The molecule has 1 aromatic rings. The highest BCUT2D eigenvalue weighted by molar-refractivity contribution is 8.13. The van der Waals surface area contributed by atoms with Crippen LogP contribution in [0.1, 0.15) is 0 Å². The van der Waals surface area contributed by atoms with Crippen LogP contribution in [0, 0.1) is 0 Å². The molecule has 0 aromatic carbocycles. The summed E-state index contributed by atoms with van der Waals surface area (Å²) in [6.07, 6.45) is 1.30. The lowest BCUT2D eigenvalue weighted by Gasteiger charge is -1.97. The number of halogens is 1. The van der Waals surface area contributed by atoms with Crippen LogP contribution < -0.4 is 0 Å². The van der Waals surface area contributed by atoms with Gasteiger partial charge < -0.3 is 4.57 Å². The van der Waals surface area contributed by atoms with Crippen molar-refractivity contribution < 1.29 is 8.42 Å². The van der Waals surface area contributed by atoms with Crippen molar-refractivity contribution in [2.45, 2.75) is 16.7 Å². The molecule has 0 atom stereocenters. The van der Waals surface area contributed by atoms with Gasteiger partial charge in [0.05, 0.1) is 6.20 Å². The summed E-state index contributed by atoms with van der Waals surface area (Å²) in [6.45, 7) is 0.668. The van der Waals surface area contributed by atoms with Crippen molar-refractivity contribution in [1.82, 2.24) is 9.55 Å². The molecule has 4 nitrogen and oxygen atoms in total. The number of aromatic nitrogens is 2. The molecule has 2 rings (SSSR count). The highest BCUT2D eigenvalue weighted by Crippen LogP contribution is 2.28. The third-order valence-electron chi connectivity index (χ3n) is 1.58. The largest absolute Gasteiger partial charge is 0.308 e. The fourth-order valence-corrected chi connectivity index (χ4v) is 3.06. The van der Waals surface area contributed by atoms with Gasteiger partial charge in [-0.15, -0.1) is 0 Å². The van der Waals surface area contributed by atoms with Crippen LogP contribution in [-0.4, -0.2) is 23.7 Å². The summed E-state index contributed by atoms with van der Waals surface area (Å²) in [5.41, 5.74) is 0. The Morgan fingerprint density at radius 3 is 3.08 bits per heavy atom. The summed E-state index contributed by atoms with van der Waals surface area (Å²) in [5.74, 6) is 0.864. The predicted molar refractivity (Wildman–Crippen MR) is 46.0 cm³/mol. The van der Waals surface area contributed by atoms with E-state index in [4.69, 9.17) is 10.7 Å². The minimum Gasteiger partial charge on any atom is -0.308 e. The molecule has 0 N–H and O–H groups in total. The summed E-state index contributed by atoms with van der Waals surface area (Å²) in [6, 6.07) is 0. The number of imidazole rings is 1. The second kappa shape index (κ2) is 2.65. The molecule has 1 aromatic heterocycles. The van der Waals surface area contributed by atoms with Crippen LogP contribution in [0.3, 0.4) is 0 Å². The summed E-state index contributed by atoms with van der Waals surface area (Å²) < 4.78 is 23.5. The van der Waals surface area contributed by atoms with E-state index in [1.54, 1.807) is 4.57 Å². The molecule has 0 saturated heterocycles. The molecule has 2 heterocycles. The summed E-state index contributed by atoms with van der Waals surface area (Å²) in [5, 5.41) is 0.832. The van der Waals surface area contributed by atoms with Crippen molar-refractivity contribution in [3.63, 3.8) is 0 Å². The SMILES string of the molecule is O=S(=O)(Cl)c1cnc2n1CCS2. The first kappa shape index (κ1) is 8.40. The van der Waals surface area contributed by atoms with Gasteiger partial charge in [0.25, 0.3) is 9.05 Å². The first-order valence-corrected chi connectivity index (χ1v) is 6.51. The van der Waals surface area contributed by atoms with E-state index in [-0.39, 0.29) is 5.03 Å². The van der Waals surface area contributed by atoms with Crippen LogP contribution in [0.4, 0.5) is 0 Å². The van der Waals surface area contributed by atoms with E-state index in [1.165, 1.54) is 18.0 Å².